The van der Waals surface area contributed by atoms with E-state index in [2.05, 4.69) is 66.1 Å². The lowest BCUT2D eigenvalue weighted by molar-refractivity contribution is 0.282. The fraction of sp³-hybridized carbons (Fsp3) is 0.733. The van der Waals surface area contributed by atoms with Crippen LogP contribution in [0, 0.1) is 5.92 Å². The predicted octanol–water partition coefficient (Wildman–Crippen LogP) is 4.33. The number of rotatable bonds is 2. The summed E-state index contributed by atoms with van der Waals surface area (Å²) in [5, 5.41) is 0. The van der Waals surface area contributed by atoms with Crippen LogP contribution in [-0.2, 0) is 0 Å². The lowest BCUT2D eigenvalue weighted by Crippen LogP contribution is -2.48. The first-order chi connectivity index (χ1) is 7.59. The van der Waals surface area contributed by atoms with E-state index in [1.807, 2.05) is 0 Å². The van der Waals surface area contributed by atoms with Crippen molar-refractivity contribution in [1.29, 1.82) is 0 Å². The minimum Gasteiger partial charge on any atom is -0.399 e. The average molecular weight is 251 g/mol. The highest BCUT2D eigenvalue weighted by atomic mass is 28.3. The third-order valence-electron chi connectivity index (χ3n) is 4.10. The molecule has 0 heterocycles. The summed E-state index contributed by atoms with van der Waals surface area (Å²) >= 11 is 0. The highest BCUT2D eigenvalue weighted by Crippen LogP contribution is 2.41. The van der Waals surface area contributed by atoms with Crippen LogP contribution >= 0.6 is 0 Å². The Balaban J connectivity index is 3.25. The van der Waals surface area contributed by atoms with Gasteiger partial charge in [0.1, 0.15) is 8.96 Å². The number of allylic oxidation sites excluding steroid dienone is 3. The molecule has 98 valence electrons. The smallest absolute Gasteiger partial charge is 0.134 e. The van der Waals surface area contributed by atoms with Crippen LogP contribution < -0.4 is 0 Å². The van der Waals surface area contributed by atoms with Crippen LogP contribution in [0.2, 0.25) is 13.1 Å². The first-order valence-corrected chi connectivity index (χ1v) is 9.59. The molecule has 0 aromatic carbocycles. The summed E-state index contributed by atoms with van der Waals surface area (Å²) in [6.07, 6.45) is 0. The minimum absolute atomic E-state index is 0.246. The number of hydrogen-bond acceptors (Lipinski definition) is 1. The van der Waals surface area contributed by atoms with Crippen LogP contribution in [0.15, 0.2) is 22.4 Å². The van der Waals surface area contributed by atoms with Gasteiger partial charge in [-0.3, -0.25) is 0 Å². The second-order valence-electron chi connectivity index (χ2n) is 6.67. The van der Waals surface area contributed by atoms with Gasteiger partial charge in [0.05, 0.1) is 0 Å². The van der Waals surface area contributed by atoms with Crippen LogP contribution in [0.1, 0.15) is 48.5 Å². The monoisotopic (exact) mass is 251 g/mol. The van der Waals surface area contributed by atoms with E-state index in [0.717, 1.165) is 0 Å². The van der Waals surface area contributed by atoms with Gasteiger partial charge in [0.2, 0.25) is 0 Å². The molecule has 1 aliphatic carbocycles. The van der Waals surface area contributed by atoms with Crippen molar-refractivity contribution in [1.82, 2.24) is 4.57 Å². The minimum atomic E-state index is -0.846. The highest BCUT2D eigenvalue weighted by molar-refractivity contribution is 6.53. The Morgan fingerprint density at radius 1 is 1.00 bits per heavy atom. The zero-order valence-corrected chi connectivity index (χ0v) is 14.3. The molecule has 17 heavy (non-hydrogen) atoms. The standard InChI is InChI=1S/C15H29NSi/c1-10-11(2)13(4)14(12(10)3)16(17(8)9)15(5,6)7/h12,17H,1-9H3. The fourth-order valence-corrected chi connectivity index (χ4v) is 5.67. The normalized spacial score (nSPS) is 21.9. The predicted molar refractivity (Wildman–Crippen MR) is 80.7 cm³/mol. The first kappa shape index (κ1) is 14.6. The van der Waals surface area contributed by atoms with E-state index in [1.54, 1.807) is 11.3 Å². The van der Waals surface area contributed by atoms with Crippen LogP contribution in [0.4, 0.5) is 0 Å². The van der Waals surface area contributed by atoms with Crippen LogP contribution in [0.25, 0.3) is 0 Å². The Hall–Kier alpha value is -0.503. The van der Waals surface area contributed by atoms with E-state index in [-0.39, 0.29) is 5.54 Å². The number of hydrogen-bond donors (Lipinski definition) is 0. The molecule has 0 saturated carbocycles. The van der Waals surface area contributed by atoms with Gasteiger partial charge in [-0.05, 0) is 52.7 Å². The van der Waals surface area contributed by atoms with E-state index in [1.165, 1.54) is 11.1 Å². The van der Waals surface area contributed by atoms with Gasteiger partial charge >= 0.3 is 0 Å². The zero-order chi connectivity index (χ0) is 13.5. The quantitative estimate of drug-likeness (QED) is 0.660. The summed E-state index contributed by atoms with van der Waals surface area (Å²) in [6, 6.07) is 0. The Bertz CT molecular complexity index is 369. The average Bonchev–Trinajstić information content (AvgIpc) is 2.33. The Labute approximate surface area is 109 Å². The lowest BCUT2D eigenvalue weighted by Gasteiger charge is -2.44. The van der Waals surface area contributed by atoms with E-state index >= 15 is 0 Å². The van der Waals surface area contributed by atoms with Crippen molar-refractivity contribution in [2.45, 2.75) is 67.1 Å². The van der Waals surface area contributed by atoms with Crippen molar-refractivity contribution in [3.8, 4) is 0 Å². The summed E-state index contributed by atoms with van der Waals surface area (Å²) in [7, 11) is -0.846. The van der Waals surface area contributed by atoms with Gasteiger partial charge in [-0.25, -0.2) is 0 Å². The molecule has 0 fully saturated rings. The molecule has 0 spiro atoms. The summed E-state index contributed by atoms with van der Waals surface area (Å²) in [6.45, 7) is 21.1. The maximum atomic E-state index is 2.73. The van der Waals surface area contributed by atoms with Gasteiger partial charge in [0, 0.05) is 17.2 Å². The molecule has 0 amide bonds. The lowest BCUT2D eigenvalue weighted by atomic mass is 10.00. The molecule has 1 rings (SSSR count). The third kappa shape index (κ3) is 2.52. The second-order valence-corrected chi connectivity index (χ2v) is 9.38. The molecule has 1 aliphatic rings. The molecular formula is C15H29NSi. The fourth-order valence-electron chi connectivity index (χ4n) is 3.15. The molecule has 0 bridgehead atoms. The summed E-state index contributed by atoms with van der Waals surface area (Å²) < 4.78 is 2.73. The maximum absolute atomic E-state index is 2.73. The highest BCUT2D eigenvalue weighted by Gasteiger charge is 2.34. The van der Waals surface area contributed by atoms with Crippen LogP contribution in [0.3, 0.4) is 0 Å². The Morgan fingerprint density at radius 3 is 1.71 bits per heavy atom. The summed E-state index contributed by atoms with van der Waals surface area (Å²) in [4.78, 5) is 0. The third-order valence-corrected chi connectivity index (χ3v) is 6.18. The molecule has 0 N–H and O–H groups in total. The molecule has 0 aliphatic heterocycles. The van der Waals surface area contributed by atoms with Crippen LogP contribution in [-0.4, -0.2) is 19.1 Å². The molecule has 1 nitrogen and oxygen atoms in total. The largest absolute Gasteiger partial charge is 0.399 e. The second kappa shape index (κ2) is 4.64. The molecule has 1 unspecified atom stereocenters. The topological polar surface area (TPSA) is 3.24 Å². The zero-order valence-electron chi connectivity index (χ0n) is 13.1. The van der Waals surface area contributed by atoms with Crippen molar-refractivity contribution >= 4 is 8.96 Å². The van der Waals surface area contributed by atoms with Crippen molar-refractivity contribution < 1.29 is 0 Å². The van der Waals surface area contributed by atoms with Crippen molar-refractivity contribution in [2.24, 2.45) is 5.92 Å². The van der Waals surface area contributed by atoms with E-state index in [4.69, 9.17) is 0 Å². The van der Waals surface area contributed by atoms with E-state index < -0.39 is 8.96 Å². The summed E-state index contributed by atoms with van der Waals surface area (Å²) in [5.74, 6) is 0.601. The van der Waals surface area contributed by atoms with Crippen molar-refractivity contribution in [3.05, 3.63) is 22.4 Å². The SMILES string of the molecule is CC1=C(C)C(C)C(N([SiH](C)C)C(C)(C)C)=C1C. The van der Waals surface area contributed by atoms with E-state index in [0.29, 0.717) is 5.92 Å². The van der Waals surface area contributed by atoms with Crippen LogP contribution in [0.5, 0.6) is 0 Å². The van der Waals surface area contributed by atoms with Gasteiger partial charge in [-0.1, -0.05) is 25.6 Å². The summed E-state index contributed by atoms with van der Waals surface area (Å²) in [5.41, 5.74) is 6.42. The molecule has 0 aromatic rings. The van der Waals surface area contributed by atoms with Crippen molar-refractivity contribution in [2.75, 3.05) is 0 Å². The maximum Gasteiger partial charge on any atom is 0.134 e. The van der Waals surface area contributed by atoms with Gasteiger partial charge in [-0.2, -0.15) is 0 Å². The molecule has 2 heteroatoms. The Kier molecular flexibility index (Phi) is 3.97. The van der Waals surface area contributed by atoms with Gasteiger partial charge < -0.3 is 4.57 Å². The first-order valence-electron chi connectivity index (χ1n) is 6.76. The van der Waals surface area contributed by atoms with Gasteiger partial charge in [-0.15, -0.1) is 0 Å². The molecule has 0 aromatic heterocycles. The Morgan fingerprint density at radius 2 is 1.47 bits per heavy atom. The molecular weight excluding hydrogens is 222 g/mol. The van der Waals surface area contributed by atoms with Gasteiger partial charge in [0.25, 0.3) is 0 Å². The molecule has 1 atom stereocenters. The van der Waals surface area contributed by atoms with Crippen molar-refractivity contribution in [3.63, 3.8) is 0 Å². The van der Waals surface area contributed by atoms with Gasteiger partial charge in [0.15, 0.2) is 0 Å². The van der Waals surface area contributed by atoms with E-state index in [9.17, 15) is 0 Å². The molecule has 0 radical (unpaired) electrons. The number of nitrogens with zero attached hydrogens (tertiary/aromatic N) is 1. The molecule has 0 saturated heterocycles.